The lowest BCUT2D eigenvalue weighted by Crippen LogP contribution is -2.17. The lowest BCUT2D eigenvalue weighted by atomic mass is 10.3. The van der Waals surface area contributed by atoms with Gasteiger partial charge in [-0.15, -0.1) is 11.3 Å². The van der Waals surface area contributed by atoms with Gasteiger partial charge in [0.05, 0.1) is 5.02 Å². The number of benzene rings is 1. The molecule has 0 bridgehead atoms. The normalized spacial score (nSPS) is 12.4. The average Bonchev–Trinajstić information content (AvgIpc) is 2.77. The minimum Gasteiger partial charge on any atom is -0.484 e. The van der Waals surface area contributed by atoms with Crippen molar-refractivity contribution in [1.29, 1.82) is 0 Å². The molecule has 0 saturated heterocycles. The molecule has 2 N–H and O–H groups in total. The summed E-state index contributed by atoms with van der Waals surface area (Å²) in [6.07, 6.45) is -0.261. The predicted octanol–water partition coefficient (Wildman–Crippen LogP) is 4.38. The maximum absolute atomic E-state index is 13.0. The van der Waals surface area contributed by atoms with E-state index in [1.807, 2.05) is 11.4 Å². The van der Waals surface area contributed by atoms with E-state index in [9.17, 15) is 4.39 Å². The van der Waals surface area contributed by atoms with E-state index in [2.05, 4.69) is 15.9 Å². The molecule has 1 atom stereocenters. The van der Waals surface area contributed by atoms with E-state index >= 15 is 0 Å². The molecule has 0 aliphatic heterocycles. The second kappa shape index (κ2) is 6.02. The summed E-state index contributed by atoms with van der Waals surface area (Å²) in [4.78, 5) is 1.00. The number of ether oxygens (including phenoxy) is 1. The van der Waals surface area contributed by atoms with Crippen LogP contribution < -0.4 is 10.5 Å². The summed E-state index contributed by atoms with van der Waals surface area (Å²) in [5.74, 6) is 0.0357. The zero-order valence-corrected chi connectivity index (χ0v) is 12.4. The molecule has 0 radical (unpaired) electrons. The van der Waals surface area contributed by atoms with Crippen molar-refractivity contribution in [3.63, 3.8) is 0 Å². The minimum atomic E-state index is -0.466. The van der Waals surface area contributed by atoms with Gasteiger partial charge in [0, 0.05) is 27.3 Å². The topological polar surface area (TPSA) is 35.2 Å². The number of nitrogens with two attached hydrogens (primary N) is 1. The molecule has 0 fully saturated rings. The van der Waals surface area contributed by atoms with E-state index in [1.54, 1.807) is 11.3 Å². The van der Waals surface area contributed by atoms with E-state index in [4.69, 9.17) is 22.1 Å². The molecule has 1 unspecified atom stereocenters. The van der Waals surface area contributed by atoms with E-state index in [0.29, 0.717) is 12.3 Å². The van der Waals surface area contributed by atoms with Crippen molar-refractivity contribution in [3.8, 4) is 5.75 Å². The Morgan fingerprint density at radius 3 is 2.78 bits per heavy atom. The molecule has 1 heterocycles. The highest BCUT2D eigenvalue weighted by molar-refractivity contribution is 9.10. The SMILES string of the molecule is NCC(Oc1ccc(F)c(Cl)c1)c1cc(Br)cs1. The van der Waals surface area contributed by atoms with Crippen LogP contribution in [0.25, 0.3) is 0 Å². The van der Waals surface area contributed by atoms with Crippen LogP contribution in [-0.2, 0) is 0 Å². The Kier molecular flexibility index (Phi) is 4.61. The van der Waals surface area contributed by atoms with Crippen molar-refractivity contribution < 1.29 is 9.13 Å². The number of rotatable bonds is 4. The third-order valence-corrected chi connectivity index (χ3v) is 4.36. The predicted molar refractivity (Wildman–Crippen MR) is 75.9 cm³/mol. The summed E-state index contributed by atoms with van der Waals surface area (Å²) in [6.45, 7) is 0.335. The molecule has 0 aliphatic carbocycles. The molecule has 2 nitrogen and oxygen atoms in total. The second-order valence-corrected chi connectivity index (χ2v) is 5.85. The number of halogens is 3. The van der Waals surface area contributed by atoms with Crippen molar-refractivity contribution in [3.05, 3.63) is 49.8 Å². The summed E-state index contributed by atoms with van der Waals surface area (Å²) >= 11 is 10.6. The third-order valence-electron chi connectivity index (χ3n) is 2.29. The summed E-state index contributed by atoms with van der Waals surface area (Å²) in [7, 11) is 0. The first-order chi connectivity index (χ1) is 8.60. The van der Waals surface area contributed by atoms with Crippen LogP contribution in [0.3, 0.4) is 0 Å². The molecular weight excluding hydrogens is 341 g/mol. The highest BCUT2D eigenvalue weighted by atomic mass is 79.9. The fraction of sp³-hybridized carbons (Fsp3) is 0.167. The first kappa shape index (κ1) is 13.8. The molecule has 0 amide bonds. The highest BCUT2D eigenvalue weighted by Crippen LogP contribution is 2.30. The quantitative estimate of drug-likeness (QED) is 0.888. The molecule has 18 heavy (non-hydrogen) atoms. The zero-order valence-electron chi connectivity index (χ0n) is 9.20. The fourth-order valence-electron chi connectivity index (χ4n) is 1.43. The lowest BCUT2D eigenvalue weighted by molar-refractivity contribution is 0.218. The van der Waals surface area contributed by atoms with Crippen LogP contribution in [0.1, 0.15) is 11.0 Å². The first-order valence-electron chi connectivity index (χ1n) is 5.16. The van der Waals surface area contributed by atoms with Crippen LogP contribution in [-0.4, -0.2) is 6.54 Å². The Morgan fingerprint density at radius 1 is 1.44 bits per heavy atom. The second-order valence-electron chi connectivity index (χ2n) is 3.59. The van der Waals surface area contributed by atoms with Gasteiger partial charge in [-0.2, -0.15) is 0 Å². The van der Waals surface area contributed by atoms with Gasteiger partial charge in [0.15, 0.2) is 0 Å². The summed E-state index contributed by atoms with van der Waals surface area (Å²) < 4.78 is 19.7. The summed E-state index contributed by atoms with van der Waals surface area (Å²) in [5.41, 5.74) is 5.69. The molecule has 6 heteroatoms. The van der Waals surface area contributed by atoms with Gasteiger partial charge in [-0.25, -0.2) is 4.39 Å². The van der Waals surface area contributed by atoms with Gasteiger partial charge in [0.2, 0.25) is 0 Å². The molecular formula is C12H10BrClFNOS. The maximum Gasteiger partial charge on any atom is 0.145 e. The zero-order chi connectivity index (χ0) is 13.1. The average molecular weight is 351 g/mol. The maximum atomic E-state index is 13.0. The largest absolute Gasteiger partial charge is 0.484 e. The molecule has 96 valence electrons. The Bertz CT molecular complexity index is 549. The standard InChI is InChI=1S/C12H10BrClFNOS/c13-7-3-12(18-6-7)11(5-16)17-8-1-2-10(15)9(14)4-8/h1-4,6,11H,5,16H2. The Labute approximate surface area is 122 Å². The minimum absolute atomic E-state index is 0.0376. The number of thiophene rings is 1. The molecule has 2 rings (SSSR count). The van der Waals surface area contributed by atoms with Gasteiger partial charge in [0.1, 0.15) is 17.7 Å². The third kappa shape index (κ3) is 3.23. The summed E-state index contributed by atoms with van der Waals surface area (Å²) in [5, 5.41) is 1.99. The van der Waals surface area contributed by atoms with Crippen molar-refractivity contribution in [2.45, 2.75) is 6.10 Å². The van der Waals surface area contributed by atoms with Gasteiger partial charge >= 0.3 is 0 Å². The molecule has 0 aliphatic rings. The van der Waals surface area contributed by atoms with Crippen molar-refractivity contribution in [2.24, 2.45) is 5.73 Å². The van der Waals surface area contributed by atoms with Crippen LogP contribution in [0, 0.1) is 5.82 Å². The van der Waals surface area contributed by atoms with E-state index < -0.39 is 5.82 Å². The van der Waals surface area contributed by atoms with E-state index in [0.717, 1.165) is 9.35 Å². The Morgan fingerprint density at radius 2 is 2.22 bits per heavy atom. The molecule has 0 saturated carbocycles. The molecule has 2 aromatic rings. The van der Waals surface area contributed by atoms with Gasteiger partial charge in [-0.1, -0.05) is 11.6 Å². The van der Waals surface area contributed by atoms with Crippen LogP contribution in [0.15, 0.2) is 34.1 Å². The summed E-state index contributed by atoms with van der Waals surface area (Å²) in [6, 6.07) is 6.21. The van der Waals surface area contributed by atoms with Crippen LogP contribution in [0.2, 0.25) is 5.02 Å². The van der Waals surface area contributed by atoms with Crippen LogP contribution in [0.5, 0.6) is 5.75 Å². The smallest absolute Gasteiger partial charge is 0.145 e. The van der Waals surface area contributed by atoms with Crippen molar-refractivity contribution in [2.75, 3.05) is 6.54 Å². The van der Waals surface area contributed by atoms with Crippen LogP contribution in [0.4, 0.5) is 4.39 Å². The Balaban J connectivity index is 2.17. The highest BCUT2D eigenvalue weighted by Gasteiger charge is 2.14. The molecule has 1 aromatic heterocycles. The van der Waals surface area contributed by atoms with Gasteiger partial charge < -0.3 is 10.5 Å². The molecule has 0 spiro atoms. The number of hydrogen-bond donors (Lipinski definition) is 1. The Hall–Kier alpha value is -0.620. The van der Waals surface area contributed by atoms with Gasteiger partial charge in [-0.3, -0.25) is 0 Å². The molecule has 1 aromatic carbocycles. The monoisotopic (exact) mass is 349 g/mol. The van der Waals surface area contributed by atoms with Crippen LogP contribution >= 0.6 is 38.9 Å². The van der Waals surface area contributed by atoms with E-state index in [1.165, 1.54) is 18.2 Å². The van der Waals surface area contributed by atoms with Crippen molar-refractivity contribution >= 4 is 38.9 Å². The number of hydrogen-bond acceptors (Lipinski definition) is 3. The lowest BCUT2D eigenvalue weighted by Gasteiger charge is -2.16. The van der Waals surface area contributed by atoms with Gasteiger partial charge in [-0.05, 0) is 34.1 Å². The fourth-order valence-corrected chi connectivity index (χ4v) is 3.09. The first-order valence-corrected chi connectivity index (χ1v) is 7.21. The van der Waals surface area contributed by atoms with Gasteiger partial charge in [0.25, 0.3) is 0 Å². The van der Waals surface area contributed by atoms with E-state index in [-0.39, 0.29) is 11.1 Å². The van der Waals surface area contributed by atoms with Crippen molar-refractivity contribution in [1.82, 2.24) is 0 Å².